The van der Waals surface area contributed by atoms with Gasteiger partial charge >= 0.3 is 5.97 Å². The fraction of sp³-hybridized carbons (Fsp3) is 0.429. The number of benzene rings is 1. The van der Waals surface area contributed by atoms with E-state index in [9.17, 15) is 14.7 Å². The third kappa shape index (κ3) is 3.56. The normalized spacial score (nSPS) is 25.3. The molecule has 1 N–H and O–H groups in total. The monoisotopic (exact) mass is 371 g/mol. The summed E-state index contributed by atoms with van der Waals surface area (Å²) >= 11 is 0. The number of hydrogen-bond acceptors (Lipinski definition) is 4. The van der Waals surface area contributed by atoms with E-state index in [2.05, 4.69) is 6.58 Å². The summed E-state index contributed by atoms with van der Waals surface area (Å²) in [5, 5.41) is 9.63. The van der Waals surface area contributed by atoms with Gasteiger partial charge in [-0.1, -0.05) is 24.3 Å². The van der Waals surface area contributed by atoms with Crippen molar-refractivity contribution in [3.05, 3.63) is 48.6 Å². The first-order valence-electron chi connectivity index (χ1n) is 9.01. The van der Waals surface area contributed by atoms with Gasteiger partial charge in [0, 0.05) is 13.1 Å². The third-order valence-electron chi connectivity index (χ3n) is 5.51. The van der Waals surface area contributed by atoms with Gasteiger partial charge in [0.2, 0.25) is 5.91 Å². The molecule has 1 aromatic rings. The lowest BCUT2D eigenvalue weighted by Crippen LogP contribution is -2.42. The van der Waals surface area contributed by atoms with Crippen LogP contribution in [-0.4, -0.2) is 42.6 Å². The maximum atomic E-state index is 13.2. The molecule has 2 bridgehead atoms. The number of carbonyl (C=O) groups excluding carboxylic acids is 1. The maximum Gasteiger partial charge on any atom is 0.307 e. The second kappa shape index (κ2) is 7.86. The first-order chi connectivity index (χ1) is 13.0. The summed E-state index contributed by atoms with van der Waals surface area (Å²) in [7, 11) is 3.13. The molecule has 2 aliphatic rings. The lowest BCUT2D eigenvalue weighted by Gasteiger charge is -2.30. The first kappa shape index (κ1) is 19.0. The van der Waals surface area contributed by atoms with Crippen LogP contribution in [0.3, 0.4) is 0 Å². The lowest BCUT2D eigenvalue weighted by atomic mass is 9.82. The second-order valence-electron chi connectivity index (χ2n) is 7.03. The van der Waals surface area contributed by atoms with Gasteiger partial charge in [0.05, 0.1) is 26.1 Å². The van der Waals surface area contributed by atoms with Gasteiger partial charge in [-0.15, -0.1) is 6.58 Å². The molecule has 1 amide bonds. The van der Waals surface area contributed by atoms with Crippen LogP contribution < -0.4 is 9.47 Å². The summed E-state index contributed by atoms with van der Waals surface area (Å²) in [5.74, 6) is -1.03. The molecule has 3 rings (SSSR count). The van der Waals surface area contributed by atoms with E-state index in [-0.39, 0.29) is 17.7 Å². The van der Waals surface area contributed by atoms with Crippen LogP contribution in [0.4, 0.5) is 0 Å². The van der Waals surface area contributed by atoms with Crippen molar-refractivity contribution in [2.24, 2.45) is 23.7 Å². The Morgan fingerprint density at radius 1 is 1.19 bits per heavy atom. The zero-order valence-corrected chi connectivity index (χ0v) is 15.6. The van der Waals surface area contributed by atoms with Crippen molar-refractivity contribution in [1.29, 1.82) is 0 Å². The number of methoxy groups -OCH3 is 2. The van der Waals surface area contributed by atoms with E-state index in [1.807, 2.05) is 24.3 Å². The number of carboxylic acid groups (broad SMARTS) is 1. The Bertz CT molecular complexity index is 772. The van der Waals surface area contributed by atoms with Crippen LogP contribution in [0.25, 0.3) is 0 Å². The zero-order chi connectivity index (χ0) is 19.6. The van der Waals surface area contributed by atoms with Crippen LogP contribution in [0.1, 0.15) is 12.0 Å². The molecule has 1 saturated carbocycles. The van der Waals surface area contributed by atoms with E-state index >= 15 is 0 Å². The van der Waals surface area contributed by atoms with Crippen LogP contribution in [0.2, 0.25) is 0 Å². The number of rotatable bonds is 8. The Morgan fingerprint density at radius 2 is 1.85 bits per heavy atom. The number of aliphatic carboxylic acids is 1. The molecule has 0 aromatic heterocycles. The van der Waals surface area contributed by atoms with Gasteiger partial charge in [0.25, 0.3) is 0 Å². The van der Waals surface area contributed by atoms with Gasteiger partial charge in [0.15, 0.2) is 11.5 Å². The Morgan fingerprint density at radius 3 is 2.44 bits per heavy atom. The van der Waals surface area contributed by atoms with Gasteiger partial charge in [-0.25, -0.2) is 0 Å². The highest BCUT2D eigenvalue weighted by Crippen LogP contribution is 2.49. The molecule has 6 nitrogen and oxygen atoms in total. The number of carboxylic acids is 1. The number of allylic oxidation sites excluding steroid dienone is 2. The van der Waals surface area contributed by atoms with Crippen LogP contribution in [-0.2, 0) is 16.1 Å². The van der Waals surface area contributed by atoms with Crippen molar-refractivity contribution in [2.75, 3.05) is 20.8 Å². The summed E-state index contributed by atoms with van der Waals surface area (Å²) in [6.07, 6.45) is 6.34. The smallest absolute Gasteiger partial charge is 0.307 e. The molecular formula is C21H25NO5. The summed E-state index contributed by atoms with van der Waals surface area (Å²) in [4.78, 5) is 26.7. The van der Waals surface area contributed by atoms with Crippen molar-refractivity contribution in [3.8, 4) is 11.5 Å². The van der Waals surface area contributed by atoms with Crippen LogP contribution in [0.15, 0.2) is 43.0 Å². The molecule has 0 aliphatic heterocycles. The van der Waals surface area contributed by atoms with Gasteiger partial charge in [0.1, 0.15) is 0 Å². The standard InChI is InChI=1S/C21H25NO5/c1-4-9-22(12-13-5-8-16(26-2)17(10-13)27-3)20(23)18-14-6-7-15(11-14)19(18)21(24)25/h4-8,10,14-15,18-19H,1,9,11-12H2,2-3H3,(H,24,25). The average Bonchev–Trinajstić information content (AvgIpc) is 3.28. The van der Waals surface area contributed by atoms with Crippen molar-refractivity contribution in [2.45, 2.75) is 13.0 Å². The van der Waals surface area contributed by atoms with Crippen molar-refractivity contribution < 1.29 is 24.2 Å². The molecule has 4 unspecified atom stereocenters. The zero-order valence-electron chi connectivity index (χ0n) is 15.6. The van der Waals surface area contributed by atoms with Crippen LogP contribution in [0, 0.1) is 23.7 Å². The van der Waals surface area contributed by atoms with E-state index in [0.29, 0.717) is 24.6 Å². The summed E-state index contributed by atoms with van der Waals surface area (Å²) in [6, 6.07) is 5.50. The van der Waals surface area contributed by atoms with Gasteiger partial charge in [-0.2, -0.15) is 0 Å². The van der Waals surface area contributed by atoms with E-state index in [0.717, 1.165) is 12.0 Å². The fourth-order valence-electron chi connectivity index (χ4n) is 4.29. The van der Waals surface area contributed by atoms with Crippen LogP contribution >= 0.6 is 0 Å². The highest BCUT2D eigenvalue weighted by molar-refractivity contribution is 5.87. The highest BCUT2D eigenvalue weighted by atomic mass is 16.5. The minimum absolute atomic E-state index is 0.00122. The van der Waals surface area contributed by atoms with Crippen molar-refractivity contribution in [1.82, 2.24) is 4.90 Å². The van der Waals surface area contributed by atoms with E-state index in [1.54, 1.807) is 31.3 Å². The molecule has 0 spiro atoms. The Hall–Kier alpha value is -2.76. The van der Waals surface area contributed by atoms with E-state index in [4.69, 9.17) is 9.47 Å². The Kier molecular flexibility index (Phi) is 5.54. The average molecular weight is 371 g/mol. The third-order valence-corrected chi connectivity index (χ3v) is 5.51. The lowest BCUT2D eigenvalue weighted by molar-refractivity contribution is -0.151. The molecule has 4 atom stereocenters. The predicted molar refractivity (Wildman–Crippen MR) is 101 cm³/mol. The van der Waals surface area contributed by atoms with E-state index < -0.39 is 17.8 Å². The topological polar surface area (TPSA) is 76.1 Å². The number of hydrogen-bond donors (Lipinski definition) is 1. The number of amides is 1. The number of nitrogens with zero attached hydrogens (tertiary/aromatic N) is 1. The molecule has 144 valence electrons. The van der Waals surface area contributed by atoms with Crippen molar-refractivity contribution in [3.63, 3.8) is 0 Å². The molecule has 6 heteroatoms. The molecule has 2 aliphatic carbocycles. The molecule has 0 heterocycles. The summed E-state index contributed by atoms with van der Waals surface area (Å²) in [5.41, 5.74) is 0.883. The Labute approximate surface area is 159 Å². The summed E-state index contributed by atoms with van der Waals surface area (Å²) < 4.78 is 10.6. The van der Waals surface area contributed by atoms with Crippen molar-refractivity contribution >= 4 is 11.9 Å². The SMILES string of the molecule is C=CCN(Cc1ccc(OC)c(OC)c1)C(=O)C1C2C=CC(C2)C1C(=O)O. The quantitative estimate of drug-likeness (QED) is 0.711. The molecule has 1 aromatic carbocycles. The van der Waals surface area contributed by atoms with Gasteiger partial charge in [-0.3, -0.25) is 9.59 Å². The largest absolute Gasteiger partial charge is 0.493 e. The molecular weight excluding hydrogens is 346 g/mol. The maximum absolute atomic E-state index is 13.2. The van der Waals surface area contributed by atoms with E-state index in [1.165, 1.54) is 0 Å². The highest BCUT2D eigenvalue weighted by Gasteiger charge is 2.52. The molecule has 1 fully saturated rings. The second-order valence-corrected chi connectivity index (χ2v) is 7.03. The minimum Gasteiger partial charge on any atom is -0.493 e. The Balaban J connectivity index is 1.83. The number of ether oxygens (including phenoxy) is 2. The van der Waals surface area contributed by atoms with Crippen LogP contribution in [0.5, 0.6) is 11.5 Å². The predicted octanol–water partition coefficient (Wildman–Crippen LogP) is 2.74. The summed E-state index contributed by atoms with van der Waals surface area (Å²) in [6.45, 7) is 4.46. The number of fused-ring (bicyclic) bond motifs is 2. The molecule has 0 radical (unpaired) electrons. The molecule has 0 saturated heterocycles. The van der Waals surface area contributed by atoms with Gasteiger partial charge < -0.3 is 19.5 Å². The fourth-order valence-corrected chi connectivity index (χ4v) is 4.29. The van der Waals surface area contributed by atoms with Gasteiger partial charge in [-0.05, 0) is 36.0 Å². The first-order valence-corrected chi connectivity index (χ1v) is 9.01. The number of carbonyl (C=O) groups is 2. The minimum atomic E-state index is -0.894. The molecule has 27 heavy (non-hydrogen) atoms.